The number of amides is 1. The third-order valence-corrected chi connectivity index (χ3v) is 5.46. The summed E-state index contributed by atoms with van der Waals surface area (Å²) in [7, 11) is 0. The Bertz CT molecular complexity index is 1530. The second-order valence-electron chi connectivity index (χ2n) is 8.17. The average molecular weight is 476 g/mol. The fourth-order valence-corrected chi connectivity index (χ4v) is 3.54. The van der Waals surface area contributed by atoms with Crippen molar-refractivity contribution >= 4 is 5.91 Å². The molecule has 3 aromatic carbocycles. The maximum Gasteiger partial charge on any atom is 0.352 e. The van der Waals surface area contributed by atoms with Crippen LogP contribution >= 0.6 is 0 Å². The molecule has 1 N–H and O–H groups in total. The number of carbonyl (C=O) groups excluding carboxylic acids is 1. The number of nitrogens with one attached hydrogen (secondary N) is 1. The molecule has 0 fully saturated rings. The molecule has 178 valence electrons. The molecular weight excluding hydrogens is 454 g/mol. The molecule has 7 nitrogen and oxygen atoms in total. The van der Waals surface area contributed by atoms with Crippen LogP contribution in [0.5, 0.6) is 0 Å². The second kappa shape index (κ2) is 9.84. The van der Waals surface area contributed by atoms with E-state index in [1.807, 2.05) is 19.1 Å². The number of nitrogens with zero attached hydrogens (tertiary/aromatic N) is 3. The molecule has 4 rings (SSSR count). The van der Waals surface area contributed by atoms with Gasteiger partial charge in [0, 0.05) is 12.6 Å². The molecule has 0 aliphatic carbocycles. The van der Waals surface area contributed by atoms with Crippen molar-refractivity contribution in [1.29, 1.82) is 0 Å². The van der Waals surface area contributed by atoms with Gasteiger partial charge in [-0.05, 0) is 48.7 Å². The van der Waals surface area contributed by atoms with Gasteiger partial charge in [-0.3, -0.25) is 14.2 Å². The zero-order valence-electron chi connectivity index (χ0n) is 19.1. The zero-order chi connectivity index (χ0) is 25.1. The van der Waals surface area contributed by atoms with Crippen LogP contribution in [0.4, 0.5) is 8.78 Å². The van der Waals surface area contributed by atoms with Crippen LogP contribution in [-0.2, 0) is 13.1 Å². The van der Waals surface area contributed by atoms with E-state index in [0.29, 0.717) is 16.7 Å². The quantitative estimate of drug-likeness (QED) is 0.463. The van der Waals surface area contributed by atoms with Crippen molar-refractivity contribution in [2.75, 3.05) is 0 Å². The van der Waals surface area contributed by atoms with Gasteiger partial charge in [0.1, 0.15) is 11.6 Å². The monoisotopic (exact) mass is 476 g/mol. The molecular formula is C26H22F2N4O3. The number of benzene rings is 3. The van der Waals surface area contributed by atoms with Crippen LogP contribution in [0, 0.1) is 25.5 Å². The van der Waals surface area contributed by atoms with Crippen LogP contribution in [0.25, 0.3) is 5.69 Å². The number of aryl methyl sites for hydroxylation is 2. The lowest BCUT2D eigenvalue weighted by molar-refractivity contribution is 0.0941. The Morgan fingerprint density at radius 2 is 1.69 bits per heavy atom. The fourth-order valence-electron chi connectivity index (χ4n) is 3.54. The minimum Gasteiger partial charge on any atom is -0.346 e. The topological polar surface area (TPSA) is 86.0 Å². The number of carbonyl (C=O) groups is 1. The standard InChI is InChI=1S/C26H22F2N4O3/c1-16-4-3-5-19(12-16)15-31-25(34)23(24(33)29-14-18-7-9-20(27)10-8-18)30-32(26(31)35)21-11-6-17(2)22(28)13-21/h3-13H,14-15H2,1-2H3,(H,29,33). The lowest BCUT2D eigenvalue weighted by atomic mass is 10.1. The van der Waals surface area contributed by atoms with Gasteiger partial charge in [-0.1, -0.05) is 48.0 Å². The number of rotatable bonds is 6. The third kappa shape index (κ3) is 5.24. The van der Waals surface area contributed by atoms with Gasteiger partial charge in [-0.2, -0.15) is 9.78 Å². The van der Waals surface area contributed by atoms with Crippen LogP contribution in [0.2, 0.25) is 0 Å². The Hall–Kier alpha value is -4.40. The smallest absolute Gasteiger partial charge is 0.346 e. The van der Waals surface area contributed by atoms with Gasteiger partial charge in [0.15, 0.2) is 0 Å². The Balaban J connectivity index is 1.79. The van der Waals surface area contributed by atoms with E-state index in [4.69, 9.17) is 0 Å². The highest BCUT2D eigenvalue weighted by molar-refractivity contribution is 5.91. The molecule has 0 atom stereocenters. The lowest BCUT2D eigenvalue weighted by Crippen LogP contribution is -2.46. The Morgan fingerprint density at radius 3 is 2.37 bits per heavy atom. The van der Waals surface area contributed by atoms with E-state index in [1.165, 1.54) is 36.4 Å². The predicted molar refractivity (Wildman–Crippen MR) is 127 cm³/mol. The summed E-state index contributed by atoms with van der Waals surface area (Å²) in [4.78, 5) is 39.3. The van der Waals surface area contributed by atoms with Crippen LogP contribution in [0.3, 0.4) is 0 Å². The van der Waals surface area contributed by atoms with Gasteiger partial charge < -0.3 is 5.32 Å². The fraction of sp³-hybridized carbons (Fsp3) is 0.154. The van der Waals surface area contributed by atoms with Gasteiger partial charge in [-0.25, -0.2) is 13.6 Å². The predicted octanol–water partition coefficient (Wildman–Crippen LogP) is 3.27. The van der Waals surface area contributed by atoms with E-state index in [0.717, 1.165) is 20.9 Å². The van der Waals surface area contributed by atoms with Crippen molar-refractivity contribution in [2.24, 2.45) is 0 Å². The normalized spacial score (nSPS) is 10.9. The summed E-state index contributed by atoms with van der Waals surface area (Å²) < 4.78 is 29.1. The average Bonchev–Trinajstić information content (AvgIpc) is 2.83. The van der Waals surface area contributed by atoms with E-state index >= 15 is 0 Å². The van der Waals surface area contributed by atoms with Crippen molar-refractivity contribution < 1.29 is 13.6 Å². The molecule has 0 bridgehead atoms. The highest BCUT2D eigenvalue weighted by Gasteiger charge is 2.21. The van der Waals surface area contributed by atoms with Crippen molar-refractivity contribution in [3.8, 4) is 5.69 Å². The highest BCUT2D eigenvalue weighted by atomic mass is 19.1. The molecule has 0 spiro atoms. The maximum absolute atomic E-state index is 14.2. The third-order valence-electron chi connectivity index (χ3n) is 5.46. The SMILES string of the molecule is Cc1cccc(Cn2c(=O)c(C(=O)NCc3ccc(F)cc3)nn(-c3ccc(C)c(F)c3)c2=O)c1. The largest absolute Gasteiger partial charge is 0.352 e. The first kappa shape index (κ1) is 23.7. The highest BCUT2D eigenvalue weighted by Crippen LogP contribution is 2.12. The molecule has 1 heterocycles. The first-order valence-corrected chi connectivity index (χ1v) is 10.8. The molecule has 9 heteroatoms. The summed E-state index contributed by atoms with van der Waals surface area (Å²) in [5.41, 5.74) is 0.439. The van der Waals surface area contributed by atoms with E-state index < -0.39 is 34.5 Å². The van der Waals surface area contributed by atoms with Crippen molar-refractivity contribution in [1.82, 2.24) is 19.7 Å². The van der Waals surface area contributed by atoms with Crippen LogP contribution < -0.4 is 16.6 Å². The summed E-state index contributed by atoms with van der Waals surface area (Å²) in [6.45, 7) is 3.35. The van der Waals surface area contributed by atoms with Gasteiger partial charge in [-0.15, -0.1) is 0 Å². The first-order chi connectivity index (χ1) is 16.7. The van der Waals surface area contributed by atoms with Crippen molar-refractivity contribution in [2.45, 2.75) is 26.9 Å². The van der Waals surface area contributed by atoms with Crippen LogP contribution in [0.1, 0.15) is 32.7 Å². The van der Waals surface area contributed by atoms with Gasteiger partial charge in [0.2, 0.25) is 5.69 Å². The Kier molecular flexibility index (Phi) is 6.68. The molecule has 0 radical (unpaired) electrons. The molecule has 4 aromatic rings. The van der Waals surface area contributed by atoms with E-state index in [2.05, 4.69) is 10.4 Å². The number of hydrogen-bond donors (Lipinski definition) is 1. The van der Waals surface area contributed by atoms with E-state index in [-0.39, 0.29) is 18.8 Å². The van der Waals surface area contributed by atoms with Crippen molar-refractivity contribution in [3.63, 3.8) is 0 Å². The van der Waals surface area contributed by atoms with Gasteiger partial charge in [0.05, 0.1) is 12.2 Å². The molecule has 0 aliphatic rings. The maximum atomic E-state index is 14.2. The summed E-state index contributed by atoms with van der Waals surface area (Å²) >= 11 is 0. The molecule has 0 unspecified atom stereocenters. The van der Waals surface area contributed by atoms with Crippen LogP contribution in [0.15, 0.2) is 76.3 Å². The minimum absolute atomic E-state index is 0.0103. The molecule has 0 aliphatic heterocycles. The minimum atomic E-state index is -0.878. The van der Waals surface area contributed by atoms with E-state index in [9.17, 15) is 23.2 Å². The number of hydrogen-bond acceptors (Lipinski definition) is 4. The van der Waals surface area contributed by atoms with Gasteiger partial charge in [0.25, 0.3) is 11.5 Å². The second-order valence-corrected chi connectivity index (χ2v) is 8.17. The Morgan fingerprint density at radius 1 is 0.943 bits per heavy atom. The summed E-state index contributed by atoms with van der Waals surface area (Å²) in [5, 5.41) is 6.56. The molecule has 1 amide bonds. The van der Waals surface area contributed by atoms with Crippen molar-refractivity contribution in [3.05, 3.63) is 127 Å². The zero-order valence-corrected chi connectivity index (χ0v) is 19.1. The first-order valence-electron chi connectivity index (χ1n) is 10.8. The Labute approximate surface area is 199 Å². The van der Waals surface area contributed by atoms with Gasteiger partial charge >= 0.3 is 5.69 Å². The lowest BCUT2D eigenvalue weighted by Gasteiger charge is -2.13. The summed E-state index contributed by atoms with van der Waals surface area (Å²) in [5.74, 6) is -1.80. The van der Waals surface area contributed by atoms with E-state index in [1.54, 1.807) is 19.1 Å². The van der Waals surface area contributed by atoms with Crippen LogP contribution in [-0.4, -0.2) is 20.3 Å². The molecule has 1 aromatic heterocycles. The molecule has 0 saturated carbocycles. The summed E-state index contributed by atoms with van der Waals surface area (Å²) in [6, 6.07) is 16.8. The number of aromatic nitrogens is 3. The summed E-state index contributed by atoms with van der Waals surface area (Å²) in [6.07, 6.45) is 0. The number of halogens is 2. The molecule has 35 heavy (non-hydrogen) atoms. The molecule has 0 saturated heterocycles.